The number of ether oxygens (including phenoxy) is 1. The van der Waals surface area contributed by atoms with Gasteiger partial charge < -0.3 is 10.1 Å². The Labute approximate surface area is 131 Å². The maximum Gasteiger partial charge on any atom is 0.320 e. The van der Waals surface area contributed by atoms with Crippen LogP contribution in [0.1, 0.15) is 31.4 Å². The molecular weight excluding hydrogens is 280 g/mol. The molecule has 2 heterocycles. The van der Waals surface area contributed by atoms with Crippen molar-refractivity contribution in [1.82, 2.24) is 15.2 Å². The van der Waals surface area contributed by atoms with Gasteiger partial charge in [0.25, 0.3) is 0 Å². The van der Waals surface area contributed by atoms with Gasteiger partial charge in [-0.1, -0.05) is 6.07 Å². The number of rotatable bonds is 5. The number of anilines is 1. The van der Waals surface area contributed by atoms with Crippen LogP contribution in [0.4, 0.5) is 10.6 Å². The average molecular weight is 304 g/mol. The van der Waals surface area contributed by atoms with Crippen LogP contribution in [-0.2, 0) is 4.74 Å². The molecule has 0 spiro atoms. The second kappa shape index (κ2) is 7.07. The van der Waals surface area contributed by atoms with E-state index in [1.807, 2.05) is 18.2 Å². The van der Waals surface area contributed by atoms with E-state index in [0.29, 0.717) is 18.3 Å². The van der Waals surface area contributed by atoms with Gasteiger partial charge in [-0.3, -0.25) is 10.2 Å². The topological polar surface area (TPSA) is 66.5 Å². The Balaban J connectivity index is 1.39. The number of hydrogen-bond donors (Lipinski definition) is 2. The maximum absolute atomic E-state index is 11.9. The summed E-state index contributed by atoms with van der Waals surface area (Å²) in [6.45, 7) is 6.17. The molecule has 1 atom stereocenters. The molecule has 2 fully saturated rings. The fourth-order valence-corrected chi connectivity index (χ4v) is 2.71. The summed E-state index contributed by atoms with van der Waals surface area (Å²) in [7, 11) is 0. The van der Waals surface area contributed by atoms with E-state index in [1.165, 1.54) is 12.8 Å². The molecule has 6 heteroatoms. The van der Waals surface area contributed by atoms with Crippen LogP contribution >= 0.6 is 0 Å². The second-order valence-corrected chi connectivity index (χ2v) is 6.08. The summed E-state index contributed by atoms with van der Waals surface area (Å²) in [5, 5.41) is 5.69. The van der Waals surface area contributed by atoms with E-state index in [9.17, 15) is 4.79 Å². The summed E-state index contributed by atoms with van der Waals surface area (Å²) < 4.78 is 5.50. The molecule has 6 nitrogen and oxygen atoms in total. The number of nitrogens with one attached hydrogen (secondary N) is 2. The van der Waals surface area contributed by atoms with Gasteiger partial charge in [0.05, 0.1) is 12.7 Å². The van der Waals surface area contributed by atoms with Crippen LogP contribution in [0.2, 0.25) is 0 Å². The summed E-state index contributed by atoms with van der Waals surface area (Å²) in [5.41, 5.74) is 1.08. The lowest BCUT2D eigenvalue weighted by Gasteiger charge is -2.30. The summed E-state index contributed by atoms with van der Waals surface area (Å²) in [5.74, 6) is 1.22. The minimum absolute atomic E-state index is 0.193. The predicted octanol–water partition coefficient (Wildman–Crippen LogP) is 1.80. The average Bonchev–Trinajstić information content (AvgIpc) is 3.32. The molecule has 2 aliphatic rings. The lowest BCUT2D eigenvalue weighted by Crippen LogP contribution is -2.45. The Bertz CT molecular complexity index is 519. The molecule has 22 heavy (non-hydrogen) atoms. The first kappa shape index (κ1) is 15.2. The minimum Gasteiger partial charge on any atom is -0.376 e. The van der Waals surface area contributed by atoms with E-state index in [0.717, 1.165) is 31.9 Å². The number of hydrogen-bond acceptors (Lipinski definition) is 4. The first-order valence-corrected chi connectivity index (χ1v) is 8.06. The molecule has 1 saturated carbocycles. The molecule has 1 unspecified atom stereocenters. The molecule has 2 N–H and O–H groups in total. The van der Waals surface area contributed by atoms with Gasteiger partial charge in [0.15, 0.2) is 0 Å². The summed E-state index contributed by atoms with van der Waals surface area (Å²) in [6, 6.07) is 5.61. The molecule has 1 saturated heterocycles. The lowest BCUT2D eigenvalue weighted by atomic mass is 10.2. The van der Waals surface area contributed by atoms with Crippen molar-refractivity contribution in [3.63, 3.8) is 0 Å². The first-order valence-electron chi connectivity index (χ1n) is 8.06. The van der Waals surface area contributed by atoms with Gasteiger partial charge in [0.2, 0.25) is 0 Å². The van der Waals surface area contributed by atoms with E-state index in [2.05, 4.69) is 27.4 Å². The third kappa shape index (κ3) is 4.42. The molecule has 0 radical (unpaired) electrons. The molecule has 3 rings (SSSR count). The number of urea groups is 1. The van der Waals surface area contributed by atoms with Gasteiger partial charge >= 0.3 is 6.03 Å². The van der Waals surface area contributed by atoms with Crippen LogP contribution in [-0.4, -0.2) is 54.8 Å². The summed E-state index contributed by atoms with van der Waals surface area (Å²) in [4.78, 5) is 18.7. The van der Waals surface area contributed by atoms with E-state index >= 15 is 0 Å². The normalized spacial score (nSPS) is 22.3. The lowest BCUT2D eigenvalue weighted by molar-refractivity contribution is -0.0174. The minimum atomic E-state index is -0.193. The van der Waals surface area contributed by atoms with E-state index in [1.54, 1.807) is 0 Å². The maximum atomic E-state index is 11.9. The van der Waals surface area contributed by atoms with Gasteiger partial charge in [-0.25, -0.2) is 9.78 Å². The van der Waals surface area contributed by atoms with Gasteiger partial charge in [-0.2, -0.15) is 0 Å². The number of aromatic nitrogens is 1. The SMILES string of the molecule is CC1CN(CCNC(=O)Nc2cccc(C3CC3)n2)CCO1. The molecule has 120 valence electrons. The third-order valence-corrected chi connectivity index (χ3v) is 4.05. The van der Waals surface area contributed by atoms with Crippen molar-refractivity contribution < 1.29 is 9.53 Å². The molecular formula is C16H24N4O2. The van der Waals surface area contributed by atoms with Crippen LogP contribution in [0.15, 0.2) is 18.2 Å². The molecule has 1 aromatic rings. The fourth-order valence-electron chi connectivity index (χ4n) is 2.71. The molecule has 0 aromatic carbocycles. The van der Waals surface area contributed by atoms with Crippen molar-refractivity contribution in [2.75, 3.05) is 38.1 Å². The van der Waals surface area contributed by atoms with Crippen molar-refractivity contribution >= 4 is 11.8 Å². The highest BCUT2D eigenvalue weighted by Crippen LogP contribution is 2.39. The Morgan fingerprint density at radius 1 is 1.45 bits per heavy atom. The summed E-state index contributed by atoms with van der Waals surface area (Å²) >= 11 is 0. The van der Waals surface area contributed by atoms with Crippen LogP contribution in [0.3, 0.4) is 0 Å². The van der Waals surface area contributed by atoms with Gasteiger partial charge in [0, 0.05) is 37.8 Å². The number of amides is 2. The Kier molecular flexibility index (Phi) is 4.90. The van der Waals surface area contributed by atoms with Crippen LogP contribution in [0.5, 0.6) is 0 Å². The van der Waals surface area contributed by atoms with E-state index < -0.39 is 0 Å². The highest BCUT2D eigenvalue weighted by Gasteiger charge is 2.25. The van der Waals surface area contributed by atoms with Crippen molar-refractivity contribution in [3.8, 4) is 0 Å². The zero-order valence-corrected chi connectivity index (χ0v) is 13.0. The third-order valence-electron chi connectivity index (χ3n) is 4.05. The first-order chi connectivity index (χ1) is 10.7. The Morgan fingerprint density at radius 3 is 3.09 bits per heavy atom. The number of carbonyl (C=O) groups is 1. The van der Waals surface area contributed by atoms with Crippen LogP contribution in [0.25, 0.3) is 0 Å². The van der Waals surface area contributed by atoms with Crippen molar-refractivity contribution in [2.24, 2.45) is 0 Å². The second-order valence-electron chi connectivity index (χ2n) is 6.08. The quantitative estimate of drug-likeness (QED) is 0.870. The predicted molar refractivity (Wildman–Crippen MR) is 85.1 cm³/mol. The molecule has 0 bridgehead atoms. The fraction of sp³-hybridized carbons (Fsp3) is 0.625. The van der Waals surface area contributed by atoms with Gasteiger partial charge in [0.1, 0.15) is 5.82 Å². The number of carbonyl (C=O) groups excluding carboxylic acids is 1. The van der Waals surface area contributed by atoms with Crippen molar-refractivity contribution in [2.45, 2.75) is 31.8 Å². The number of pyridine rings is 1. The van der Waals surface area contributed by atoms with E-state index in [-0.39, 0.29) is 12.1 Å². The standard InChI is InChI=1S/C16H24N4O2/c1-12-11-20(9-10-22-12)8-7-17-16(21)19-15-4-2-3-14(18-15)13-5-6-13/h2-4,12-13H,5-11H2,1H3,(H2,17,18,19,21). The highest BCUT2D eigenvalue weighted by molar-refractivity contribution is 5.88. The van der Waals surface area contributed by atoms with Crippen LogP contribution < -0.4 is 10.6 Å². The zero-order valence-electron chi connectivity index (χ0n) is 13.0. The monoisotopic (exact) mass is 304 g/mol. The van der Waals surface area contributed by atoms with Crippen molar-refractivity contribution in [1.29, 1.82) is 0 Å². The largest absolute Gasteiger partial charge is 0.376 e. The van der Waals surface area contributed by atoms with Gasteiger partial charge in [-0.05, 0) is 31.9 Å². The van der Waals surface area contributed by atoms with Crippen molar-refractivity contribution in [3.05, 3.63) is 23.9 Å². The zero-order chi connectivity index (χ0) is 15.4. The van der Waals surface area contributed by atoms with Gasteiger partial charge in [-0.15, -0.1) is 0 Å². The van der Waals surface area contributed by atoms with E-state index in [4.69, 9.17) is 4.74 Å². The smallest absolute Gasteiger partial charge is 0.320 e. The number of nitrogens with zero attached hydrogens (tertiary/aromatic N) is 2. The Hall–Kier alpha value is -1.66. The number of morpholine rings is 1. The summed E-state index contributed by atoms with van der Waals surface area (Å²) in [6.07, 6.45) is 2.69. The highest BCUT2D eigenvalue weighted by atomic mass is 16.5. The molecule has 1 aliphatic carbocycles. The Morgan fingerprint density at radius 2 is 2.32 bits per heavy atom. The molecule has 1 aliphatic heterocycles. The molecule has 2 amide bonds. The molecule has 1 aromatic heterocycles. The van der Waals surface area contributed by atoms with Crippen LogP contribution in [0, 0.1) is 0 Å².